The van der Waals surface area contributed by atoms with Gasteiger partial charge >= 0.3 is 11.5 Å². The van der Waals surface area contributed by atoms with Crippen LogP contribution in [0.3, 0.4) is 0 Å². The molecule has 0 spiro atoms. The predicted octanol–water partition coefficient (Wildman–Crippen LogP) is 1.95. The molecule has 0 heterocycles. The smallest absolute Gasteiger partial charge is 0.393 e. The maximum absolute atomic E-state index is 11.5. The first-order valence-electron chi connectivity index (χ1n) is 5.02. The highest BCUT2D eigenvalue weighted by Gasteiger charge is 2.41. The lowest BCUT2D eigenvalue weighted by molar-refractivity contribution is -0.144. The molecule has 17 heavy (non-hydrogen) atoms. The van der Waals surface area contributed by atoms with Crippen LogP contribution >= 0.6 is 0 Å². The Morgan fingerprint density at radius 3 is 2.53 bits per heavy atom. The van der Waals surface area contributed by atoms with E-state index in [1.807, 2.05) is 6.07 Å². The maximum Gasteiger partial charge on any atom is 0.393 e. The first-order valence-corrected chi connectivity index (χ1v) is 5.02. The summed E-state index contributed by atoms with van der Waals surface area (Å²) in [6, 6.07) is 8.82. The Morgan fingerprint density at radius 1 is 1.53 bits per heavy atom. The fourth-order valence-corrected chi connectivity index (χ4v) is 1.47. The van der Waals surface area contributed by atoms with Gasteiger partial charge in [0, 0.05) is 6.92 Å². The van der Waals surface area contributed by atoms with Gasteiger partial charge < -0.3 is 4.74 Å². The van der Waals surface area contributed by atoms with Crippen molar-refractivity contribution in [2.75, 3.05) is 7.11 Å². The van der Waals surface area contributed by atoms with Crippen LogP contribution in [0.15, 0.2) is 24.3 Å². The van der Waals surface area contributed by atoms with Gasteiger partial charge in [-0.05, 0) is 17.7 Å². The molecule has 1 aromatic rings. The van der Waals surface area contributed by atoms with Crippen LogP contribution in [0.25, 0.3) is 4.85 Å². The molecular formula is C13H12N2O2. The Kier molecular flexibility index (Phi) is 3.85. The zero-order chi connectivity index (χ0) is 12.9. The second kappa shape index (κ2) is 5.14. The van der Waals surface area contributed by atoms with E-state index in [1.165, 1.54) is 7.11 Å². The Hall–Kier alpha value is -2.33. The summed E-state index contributed by atoms with van der Waals surface area (Å²) in [5, 5.41) is 8.66. The molecule has 4 nitrogen and oxygen atoms in total. The molecule has 0 bridgehead atoms. The second-order valence-corrected chi connectivity index (χ2v) is 3.86. The molecule has 0 N–H and O–H groups in total. The van der Waals surface area contributed by atoms with Crippen molar-refractivity contribution < 1.29 is 9.53 Å². The van der Waals surface area contributed by atoms with Crippen molar-refractivity contribution in [3.8, 4) is 6.07 Å². The largest absolute Gasteiger partial charge is 0.463 e. The summed E-state index contributed by atoms with van der Waals surface area (Å²) < 4.78 is 4.62. The summed E-state index contributed by atoms with van der Waals surface area (Å²) >= 11 is 0. The van der Waals surface area contributed by atoms with Crippen LogP contribution in [-0.4, -0.2) is 18.6 Å². The van der Waals surface area contributed by atoms with E-state index in [-0.39, 0.29) is 6.42 Å². The van der Waals surface area contributed by atoms with E-state index in [4.69, 9.17) is 11.8 Å². The van der Waals surface area contributed by atoms with Crippen LogP contribution in [0.1, 0.15) is 18.1 Å². The second-order valence-electron chi connectivity index (χ2n) is 3.86. The minimum Gasteiger partial charge on any atom is -0.463 e. The summed E-state index contributed by atoms with van der Waals surface area (Å²) in [6.45, 7) is 8.64. The average Bonchev–Trinajstić information content (AvgIpc) is 2.38. The van der Waals surface area contributed by atoms with Crippen molar-refractivity contribution >= 4 is 5.97 Å². The molecule has 1 rings (SSSR count). The maximum atomic E-state index is 11.5. The molecule has 0 radical (unpaired) electrons. The summed E-state index contributed by atoms with van der Waals surface area (Å²) in [6.07, 6.45) is 0.273. The Bertz CT molecular complexity index is 494. The minimum absolute atomic E-state index is 0.273. The number of esters is 1. The summed E-state index contributed by atoms with van der Waals surface area (Å²) in [5.41, 5.74) is 0.173. The van der Waals surface area contributed by atoms with Gasteiger partial charge in [0.05, 0.1) is 25.2 Å². The number of ether oxygens (including phenoxy) is 1. The lowest BCUT2D eigenvalue weighted by Gasteiger charge is -2.14. The summed E-state index contributed by atoms with van der Waals surface area (Å²) in [5.74, 6) is -0.545. The fraction of sp³-hybridized carbons (Fsp3) is 0.308. The van der Waals surface area contributed by atoms with Crippen molar-refractivity contribution in [1.29, 1.82) is 5.26 Å². The fourth-order valence-electron chi connectivity index (χ4n) is 1.47. The first kappa shape index (κ1) is 12.7. The van der Waals surface area contributed by atoms with Crippen LogP contribution in [0.4, 0.5) is 0 Å². The van der Waals surface area contributed by atoms with E-state index in [0.717, 1.165) is 5.56 Å². The van der Waals surface area contributed by atoms with E-state index in [1.54, 1.807) is 31.2 Å². The number of nitrogens with zero attached hydrogens (tertiary/aromatic N) is 2. The molecular weight excluding hydrogens is 216 g/mol. The molecule has 1 unspecified atom stereocenters. The molecule has 86 valence electrons. The number of nitriles is 1. The first-order chi connectivity index (χ1) is 8.05. The van der Waals surface area contributed by atoms with Gasteiger partial charge in [-0.15, -0.1) is 0 Å². The highest BCUT2D eigenvalue weighted by Crippen LogP contribution is 2.19. The third-order valence-corrected chi connectivity index (χ3v) is 2.50. The number of methoxy groups -OCH3 is 1. The third-order valence-electron chi connectivity index (χ3n) is 2.50. The Morgan fingerprint density at radius 2 is 2.12 bits per heavy atom. The lowest BCUT2D eigenvalue weighted by atomic mass is 9.93. The highest BCUT2D eigenvalue weighted by atomic mass is 16.5. The van der Waals surface area contributed by atoms with Crippen LogP contribution in [0.2, 0.25) is 0 Å². The molecule has 1 aromatic carbocycles. The normalized spacial score (nSPS) is 12.9. The topological polar surface area (TPSA) is 54.5 Å². The SMILES string of the molecule is [C-]#[N+]C(C)(Cc1ccc(C#N)cc1)C(=O)OC. The number of hydrogen-bond acceptors (Lipinski definition) is 3. The quantitative estimate of drug-likeness (QED) is 0.587. The molecule has 0 aliphatic rings. The van der Waals surface area contributed by atoms with Crippen molar-refractivity contribution in [2.24, 2.45) is 0 Å². The van der Waals surface area contributed by atoms with Gasteiger partial charge in [-0.3, -0.25) is 4.85 Å². The number of benzene rings is 1. The number of rotatable bonds is 3. The van der Waals surface area contributed by atoms with Gasteiger partial charge in [-0.25, -0.2) is 11.4 Å². The highest BCUT2D eigenvalue weighted by molar-refractivity contribution is 5.82. The summed E-state index contributed by atoms with van der Waals surface area (Å²) in [7, 11) is 1.27. The molecule has 0 amide bonds. The van der Waals surface area contributed by atoms with E-state index in [0.29, 0.717) is 5.56 Å². The Labute approximate surface area is 100 Å². The van der Waals surface area contributed by atoms with Gasteiger partial charge in [0.2, 0.25) is 0 Å². The van der Waals surface area contributed by atoms with Crippen molar-refractivity contribution in [2.45, 2.75) is 18.9 Å². The van der Waals surface area contributed by atoms with Gasteiger partial charge in [-0.2, -0.15) is 5.26 Å². The number of carbonyl (C=O) groups excluding carboxylic acids is 1. The zero-order valence-corrected chi connectivity index (χ0v) is 9.73. The lowest BCUT2D eigenvalue weighted by Crippen LogP contribution is -2.35. The van der Waals surface area contributed by atoms with Crippen molar-refractivity contribution in [3.63, 3.8) is 0 Å². The molecule has 1 atom stereocenters. The summed E-state index contributed by atoms with van der Waals surface area (Å²) in [4.78, 5) is 14.8. The van der Waals surface area contributed by atoms with Gasteiger partial charge in [-0.1, -0.05) is 12.1 Å². The van der Waals surface area contributed by atoms with E-state index in [2.05, 4.69) is 9.58 Å². The molecule has 0 fully saturated rings. The third kappa shape index (κ3) is 2.83. The van der Waals surface area contributed by atoms with E-state index in [9.17, 15) is 4.79 Å². The van der Waals surface area contributed by atoms with Gasteiger partial charge in [0.25, 0.3) is 0 Å². The molecule has 0 saturated carbocycles. The molecule has 0 saturated heterocycles. The molecule has 0 aliphatic heterocycles. The van der Waals surface area contributed by atoms with Crippen LogP contribution < -0.4 is 0 Å². The minimum atomic E-state index is -1.21. The Balaban J connectivity index is 2.93. The monoisotopic (exact) mass is 228 g/mol. The van der Waals surface area contributed by atoms with Crippen LogP contribution in [0.5, 0.6) is 0 Å². The van der Waals surface area contributed by atoms with Gasteiger partial charge in [0.1, 0.15) is 0 Å². The van der Waals surface area contributed by atoms with Crippen LogP contribution in [-0.2, 0) is 16.0 Å². The number of carbonyl (C=O) groups is 1. The molecule has 4 heteroatoms. The zero-order valence-electron chi connectivity index (χ0n) is 9.73. The van der Waals surface area contributed by atoms with Gasteiger partial charge in [0.15, 0.2) is 0 Å². The molecule has 0 aliphatic carbocycles. The predicted molar refractivity (Wildman–Crippen MR) is 61.9 cm³/mol. The average molecular weight is 228 g/mol. The van der Waals surface area contributed by atoms with E-state index < -0.39 is 11.5 Å². The van der Waals surface area contributed by atoms with Crippen molar-refractivity contribution in [3.05, 3.63) is 46.8 Å². The molecule has 0 aromatic heterocycles. The van der Waals surface area contributed by atoms with Crippen molar-refractivity contribution in [1.82, 2.24) is 0 Å². The standard InChI is InChI=1S/C13H12N2O2/c1-13(15-2,12(16)17-3)8-10-4-6-11(9-14)7-5-10/h4-7H,8H2,1,3H3. The van der Waals surface area contributed by atoms with E-state index >= 15 is 0 Å². The number of hydrogen-bond donors (Lipinski definition) is 0. The van der Waals surface area contributed by atoms with Crippen LogP contribution in [0, 0.1) is 17.9 Å².